The van der Waals surface area contributed by atoms with Crippen molar-refractivity contribution in [1.29, 1.82) is 0 Å². The Morgan fingerprint density at radius 2 is 1.80 bits per heavy atom. The molecule has 0 radical (unpaired) electrons. The fourth-order valence-electron chi connectivity index (χ4n) is 4.32. The lowest BCUT2D eigenvalue weighted by molar-refractivity contribution is 0.00883. The van der Waals surface area contributed by atoms with E-state index in [9.17, 15) is 18.0 Å². The first-order valence-corrected chi connectivity index (χ1v) is 12.5. The Kier molecular flexibility index (Phi) is 6.24. The molecule has 2 aliphatic heterocycles. The Morgan fingerprint density at radius 1 is 1.03 bits per heavy atom. The predicted octanol–water partition coefficient (Wildman–Crippen LogP) is 2.50. The lowest BCUT2D eigenvalue weighted by Crippen LogP contribution is -2.44. The number of benzene rings is 2. The van der Waals surface area contributed by atoms with Crippen LogP contribution in [-0.4, -0.2) is 62.8 Å². The van der Waals surface area contributed by atoms with Crippen molar-refractivity contribution in [2.24, 2.45) is 0 Å². The maximum absolute atomic E-state index is 13.1. The van der Waals surface area contributed by atoms with Crippen LogP contribution in [0.15, 0.2) is 65.7 Å². The van der Waals surface area contributed by atoms with Gasteiger partial charge < -0.3 is 14.2 Å². The summed E-state index contributed by atoms with van der Waals surface area (Å²) in [5, 5.41) is 3.30. The summed E-state index contributed by atoms with van der Waals surface area (Å²) in [4.78, 5) is 28.2. The number of hydrogen-bond acceptors (Lipinski definition) is 8. The Hall–Kier alpha value is -3.38. The molecular weight excluding hydrogens is 474 g/mol. The lowest BCUT2D eigenvalue weighted by Gasteiger charge is -2.18. The highest BCUT2D eigenvalue weighted by Crippen LogP contribution is 2.31. The van der Waals surface area contributed by atoms with Gasteiger partial charge in [0, 0.05) is 22.8 Å². The van der Waals surface area contributed by atoms with Crippen LogP contribution in [0.1, 0.15) is 17.3 Å². The lowest BCUT2D eigenvalue weighted by atomic mass is 10.1. The van der Waals surface area contributed by atoms with Crippen LogP contribution < -0.4 is 10.0 Å². The number of aromatic nitrogens is 1. The number of pyridine rings is 1. The first kappa shape index (κ1) is 23.4. The number of amides is 1. The number of nitrogens with one attached hydrogen (secondary N) is 2. The zero-order valence-electron chi connectivity index (χ0n) is 18.7. The summed E-state index contributed by atoms with van der Waals surface area (Å²) in [6, 6.07) is 14.3. The Morgan fingerprint density at radius 3 is 2.63 bits per heavy atom. The fraction of sp³-hybridized carbons (Fsp3) is 0.292. The maximum atomic E-state index is 13.1. The summed E-state index contributed by atoms with van der Waals surface area (Å²) >= 11 is 0. The first-order valence-electron chi connectivity index (χ1n) is 11.0. The second-order valence-corrected chi connectivity index (χ2v) is 10.0. The van der Waals surface area contributed by atoms with Crippen LogP contribution in [0.4, 0.5) is 10.5 Å². The van der Waals surface area contributed by atoms with Gasteiger partial charge in [0.05, 0.1) is 24.8 Å². The van der Waals surface area contributed by atoms with E-state index < -0.39 is 40.5 Å². The van der Waals surface area contributed by atoms with E-state index in [1.807, 2.05) is 0 Å². The summed E-state index contributed by atoms with van der Waals surface area (Å²) in [6.07, 6.45) is -1.15. The van der Waals surface area contributed by atoms with E-state index in [-0.39, 0.29) is 23.9 Å². The minimum absolute atomic E-state index is 0.0598. The third kappa shape index (κ3) is 4.76. The minimum Gasteiger partial charge on any atom is -0.441 e. The van der Waals surface area contributed by atoms with Gasteiger partial charge in [-0.05, 0) is 31.2 Å². The van der Waals surface area contributed by atoms with Crippen LogP contribution in [0, 0.1) is 0 Å². The predicted molar refractivity (Wildman–Crippen MR) is 126 cm³/mol. The number of hydrogen-bond donors (Lipinski definition) is 2. The van der Waals surface area contributed by atoms with E-state index in [0.717, 1.165) is 0 Å². The molecule has 0 aliphatic carbocycles. The normalized spacial score (nSPS) is 23.7. The number of ether oxygens (including phenoxy) is 3. The SMILES string of the molecule is CC(=O)c1cccc(NC(=O)O[C@H]2CO[C@@H]3[C@@H]2OC[C@@H]3NS(=O)(=O)c2cccc3cccnc23)c1. The molecule has 0 spiro atoms. The van der Waals surface area contributed by atoms with E-state index in [2.05, 4.69) is 15.0 Å². The van der Waals surface area contributed by atoms with Crippen LogP contribution in [0.2, 0.25) is 0 Å². The standard InChI is InChI=1S/C24H23N3O7S/c1-14(28)16-6-2-8-17(11-16)26-24(29)34-19-13-33-22-18(12-32-23(19)22)27-35(30,31)20-9-3-5-15-7-4-10-25-21(15)20/h2-11,18-19,22-23,27H,12-13H2,1H3,(H,26,29)/t18-,19-,22-,23+/m0/s1. The average Bonchev–Trinajstić information content (AvgIpc) is 3.42. The molecule has 0 unspecified atom stereocenters. The van der Waals surface area contributed by atoms with Gasteiger partial charge in [-0.15, -0.1) is 0 Å². The van der Waals surface area contributed by atoms with Gasteiger partial charge in [0.25, 0.3) is 0 Å². The molecule has 2 aliphatic rings. The second-order valence-electron chi connectivity index (χ2n) is 8.36. The van der Waals surface area contributed by atoms with Gasteiger partial charge in [-0.25, -0.2) is 17.9 Å². The van der Waals surface area contributed by atoms with Crippen molar-refractivity contribution in [1.82, 2.24) is 9.71 Å². The maximum Gasteiger partial charge on any atom is 0.412 e. The number of nitrogens with zero attached hydrogens (tertiary/aromatic N) is 1. The second kappa shape index (κ2) is 9.34. The molecule has 2 saturated heterocycles. The summed E-state index contributed by atoms with van der Waals surface area (Å²) in [5.74, 6) is -0.124. The van der Waals surface area contributed by atoms with Gasteiger partial charge in [0.15, 0.2) is 11.9 Å². The van der Waals surface area contributed by atoms with Gasteiger partial charge in [-0.3, -0.25) is 15.1 Å². The van der Waals surface area contributed by atoms with E-state index >= 15 is 0 Å². The van der Waals surface area contributed by atoms with E-state index in [1.54, 1.807) is 54.7 Å². The van der Waals surface area contributed by atoms with Crippen molar-refractivity contribution in [3.05, 3.63) is 66.4 Å². The molecule has 1 aromatic heterocycles. The van der Waals surface area contributed by atoms with Crippen LogP contribution in [-0.2, 0) is 24.2 Å². The molecule has 2 fully saturated rings. The van der Waals surface area contributed by atoms with Crippen molar-refractivity contribution in [3.8, 4) is 0 Å². The molecule has 182 valence electrons. The molecule has 11 heteroatoms. The monoisotopic (exact) mass is 497 g/mol. The highest BCUT2D eigenvalue weighted by Gasteiger charge is 2.50. The molecule has 10 nitrogen and oxygen atoms in total. The number of carbonyl (C=O) groups excluding carboxylic acids is 2. The topological polar surface area (TPSA) is 133 Å². The summed E-state index contributed by atoms with van der Waals surface area (Å²) in [7, 11) is -3.92. The van der Waals surface area contributed by atoms with Crippen molar-refractivity contribution < 1.29 is 32.2 Å². The number of anilines is 1. The molecule has 1 amide bonds. The largest absolute Gasteiger partial charge is 0.441 e. The van der Waals surface area contributed by atoms with Gasteiger partial charge in [0.1, 0.15) is 17.1 Å². The third-order valence-electron chi connectivity index (χ3n) is 5.97. The van der Waals surface area contributed by atoms with Gasteiger partial charge in [-0.2, -0.15) is 0 Å². The fourth-order valence-corrected chi connectivity index (χ4v) is 5.73. The van der Waals surface area contributed by atoms with Crippen LogP contribution in [0.25, 0.3) is 10.9 Å². The Labute approximate surface area is 201 Å². The zero-order valence-corrected chi connectivity index (χ0v) is 19.5. The summed E-state index contributed by atoms with van der Waals surface area (Å²) < 4.78 is 45.9. The molecule has 2 aromatic carbocycles. The number of ketones is 1. The summed E-state index contributed by atoms with van der Waals surface area (Å²) in [5.41, 5.74) is 1.25. The zero-order chi connectivity index (χ0) is 24.6. The quantitative estimate of drug-likeness (QED) is 0.497. The van der Waals surface area contributed by atoms with E-state index in [4.69, 9.17) is 14.2 Å². The molecule has 3 heterocycles. The smallest absolute Gasteiger partial charge is 0.412 e. The molecule has 4 atom stereocenters. The third-order valence-corrected chi connectivity index (χ3v) is 7.50. The van der Waals surface area contributed by atoms with Crippen molar-refractivity contribution in [2.75, 3.05) is 18.5 Å². The van der Waals surface area contributed by atoms with E-state index in [1.165, 1.54) is 13.0 Å². The highest BCUT2D eigenvalue weighted by atomic mass is 32.2. The molecule has 35 heavy (non-hydrogen) atoms. The number of para-hydroxylation sites is 1. The van der Waals surface area contributed by atoms with E-state index in [0.29, 0.717) is 22.2 Å². The van der Waals surface area contributed by atoms with Crippen LogP contribution in [0.3, 0.4) is 0 Å². The molecule has 2 N–H and O–H groups in total. The van der Waals surface area contributed by atoms with Gasteiger partial charge in [-0.1, -0.05) is 30.3 Å². The number of sulfonamides is 1. The molecule has 3 aromatic rings. The number of Topliss-reactive ketones (excluding diaryl/α,β-unsaturated/α-hetero) is 1. The van der Waals surface area contributed by atoms with Gasteiger partial charge in [0.2, 0.25) is 10.0 Å². The Bertz CT molecular complexity index is 1390. The number of carbonyl (C=O) groups is 2. The number of fused-ring (bicyclic) bond motifs is 2. The molecule has 0 saturated carbocycles. The average molecular weight is 498 g/mol. The molecule has 0 bridgehead atoms. The van der Waals surface area contributed by atoms with Crippen LogP contribution in [0.5, 0.6) is 0 Å². The summed E-state index contributed by atoms with van der Waals surface area (Å²) in [6.45, 7) is 1.56. The van der Waals surface area contributed by atoms with Crippen molar-refractivity contribution >= 4 is 38.5 Å². The van der Waals surface area contributed by atoms with Crippen molar-refractivity contribution in [3.63, 3.8) is 0 Å². The molecular formula is C24H23N3O7S. The first-order chi connectivity index (χ1) is 16.8. The minimum atomic E-state index is -3.92. The Balaban J connectivity index is 1.24. The van der Waals surface area contributed by atoms with Gasteiger partial charge >= 0.3 is 6.09 Å². The molecule has 5 rings (SSSR count). The van der Waals surface area contributed by atoms with Crippen LogP contribution >= 0.6 is 0 Å². The van der Waals surface area contributed by atoms with Crippen molar-refractivity contribution in [2.45, 2.75) is 36.2 Å². The highest BCUT2D eigenvalue weighted by molar-refractivity contribution is 7.89. The number of rotatable bonds is 6.